The highest BCUT2D eigenvalue weighted by molar-refractivity contribution is 5.94. The molecule has 0 saturated carbocycles. The van der Waals surface area contributed by atoms with Gasteiger partial charge < -0.3 is 15.7 Å². The summed E-state index contributed by atoms with van der Waals surface area (Å²) in [6.07, 6.45) is 0. The molecule has 0 aromatic heterocycles. The maximum Gasteiger partial charge on any atom is 0.328 e. The Kier molecular flexibility index (Phi) is 3.90. The molecule has 0 spiro atoms. The summed E-state index contributed by atoms with van der Waals surface area (Å²) >= 11 is 0. The Morgan fingerprint density at radius 1 is 1.33 bits per heavy atom. The van der Waals surface area contributed by atoms with Gasteiger partial charge in [0.15, 0.2) is 0 Å². The summed E-state index contributed by atoms with van der Waals surface area (Å²) in [6.45, 7) is 4.41. The van der Waals surface area contributed by atoms with Crippen LogP contribution in [0.25, 0.3) is 0 Å². The molecular weight excluding hydrogens is 239 g/mol. The van der Waals surface area contributed by atoms with Crippen LogP contribution in [0.2, 0.25) is 0 Å². The molecule has 1 rings (SSSR count). The first-order chi connectivity index (χ1) is 8.22. The van der Waals surface area contributed by atoms with Gasteiger partial charge in [-0.1, -0.05) is 6.07 Å². The molecule has 3 N–H and O–H groups in total. The minimum atomic E-state index is -1.40. The first kappa shape index (κ1) is 14.0. The minimum absolute atomic E-state index is 0.300. The number of urea groups is 1. The van der Waals surface area contributed by atoms with Crippen LogP contribution in [0.3, 0.4) is 0 Å². The first-order valence-corrected chi connectivity index (χ1v) is 5.31. The largest absolute Gasteiger partial charge is 0.480 e. The Hall–Kier alpha value is -2.11. The predicted molar refractivity (Wildman–Crippen MR) is 65.0 cm³/mol. The van der Waals surface area contributed by atoms with Gasteiger partial charge in [-0.3, -0.25) is 0 Å². The molecular formula is C12H15FN2O3. The van der Waals surface area contributed by atoms with Crippen molar-refractivity contribution in [1.29, 1.82) is 0 Å². The summed E-state index contributed by atoms with van der Waals surface area (Å²) in [4.78, 5) is 22.4. The van der Waals surface area contributed by atoms with Gasteiger partial charge in [-0.25, -0.2) is 14.0 Å². The van der Waals surface area contributed by atoms with Gasteiger partial charge in [-0.15, -0.1) is 0 Å². The molecule has 0 heterocycles. The molecule has 1 aromatic carbocycles. The number of hydrogen-bond acceptors (Lipinski definition) is 2. The van der Waals surface area contributed by atoms with E-state index in [0.29, 0.717) is 11.3 Å². The van der Waals surface area contributed by atoms with Crippen molar-refractivity contribution in [2.24, 2.45) is 0 Å². The van der Waals surface area contributed by atoms with Gasteiger partial charge in [0.1, 0.15) is 11.4 Å². The third-order valence-corrected chi connectivity index (χ3v) is 2.41. The van der Waals surface area contributed by atoms with Crippen molar-refractivity contribution >= 4 is 17.7 Å². The molecule has 0 aliphatic rings. The number of benzene rings is 1. The average Bonchev–Trinajstić information content (AvgIpc) is 2.22. The number of amides is 2. The maximum atomic E-state index is 13.0. The van der Waals surface area contributed by atoms with Crippen LogP contribution < -0.4 is 10.6 Å². The highest BCUT2D eigenvalue weighted by Crippen LogP contribution is 2.16. The Labute approximate surface area is 104 Å². The van der Waals surface area contributed by atoms with Crippen LogP contribution in [0.15, 0.2) is 18.2 Å². The number of anilines is 1. The summed E-state index contributed by atoms with van der Waals surface area (Å²) in [5.74, 6) is -1.64. The van der Waals surface area contributed by atoms with E-state index in [9.17, 15) is 14.0 Å². The van der Waals surface area contributed by atoms with Gasteiger partial charge in [-0.05, 0) is 38.5 Å². The van der Waals surface area contributed by atoms with E-state index in [1.54, 1.807) is 6.92 Å². The van der Waals surface area contributed by atoms with Gasteiger partial charge in [0.05, 0.1) is 0 Å². The number of aliphatic carboxylic acids is 1. The molecule has 0 bridgehead atoms. The highest BCUT2D eigenvalue weighted by Gasteiger charge is 2.28. The molecule has 1 aromatic rings. The number of carboxylic acid groups (broad SMARTS) is 1. The van der Waals surface area contributed by atoms with E-state index < -0.39 is 23.4 Å². The first-order valence-electron chi connectivity index (χ1n) is 5.31. The average molecular weight is 254 g/mol. The molecule has 5 nitrogen and oxygen atoms in total. The van der Waals surface area contributed by atoms with E-state index >= 15 is 0 Å². The van der Waals surface area contributed by atoms with Crippen LogP contribution in [0, 0.1) is 12.7 Å². The third kappa shape index (κ3) is 3.44. The zero-order valence-corrected chi connectivity index (χ0v) is 10.4. The molecule has 0 aliphatic carbocycles. The second kappa shape index (κ2) is 5.03. The number of aryl methyl sites for hydroxylation is 1. The van der Waals surface area contributed by atoms with Crippen molar-refractivity contribution < 1.29 is 19.1 Å². The van der Waals surface area contributed by atoms with Crippen molar-refractivity contribution in [3.05, 3.63) is 29.6 Å². The van der Waals surface area contributed by atoms with Crippen molar-refractivity contribution in [3.8, 4) is 0 Å². The van der Waals surface area contributed by atoms with E-state index in [1.807, 2.05) is 0 Å². The lowest BCUT2D eigenvalue weighted by Crippen LogP contribution is -2.51. The minimum Gasteiger partial charge on any atom is -0.480 e. The van der Waals surface area contributed by atoms with Crippen LogP contribution in [0.1, 0.15) is 19.4 Å². The molecule has 0 fully saturated rings. The topological polar surface area (TPSA) is 78.4 Å². The molecule has 6 heteroatoms. The van der Waals surface area contributed by atoms with Crippen molar-refractivity contribution in [1.82, 2.24) is 5.32 Å². The number of nitrogens with one attached hydrogen (secondary N) is 2. The summed E-state index contributed by atoms with van der Waals surface area (Å²) in [5.41, 5.74) is -0.418. The highest BCUT2D eigenvalue weighted by atomic mass is 19.1. The predicted octanol–water partition coefficient (Wildman–Crippen LogP) is 2.12. The molecule has 0 atom stereocenters. The molecule has 0 radical (unpaired) electrons. The van der Waals surface area contributed by atoms with E-state index in [1.165, 1.54) is 32.0 Å². The fraction of sp³-hybridized carbons (Fsp3) is 0.333. The Morgan fingerprint density at radius 3 is 2.50 bits per heavy atom. The molecule has 98 valence electrons. The second-order valence-electron chi connectivity index (χ2n) is 4.47. The maximum absolute atomic E-state index is 13.0. The number of carbonyl (C=O) groups excluding carboxylic acids is 1. The van der Waals surface area contributed by atoms with E-state index in [4.69, 9.17) is 5.11 Å². The SMILES string of the molecule is Cc1ccc(F)cc1NC(=O)NC(C)(C)C(=O)O. The van der Waals surface area contributed by atoms with Gasteiger partial charge in [0.2, 0.25) is 0 Å². The standard InChI is InChI=1S/C12H15FN2O3/c1-7-4-5-8(13)6-9(7)14-11(18)15-12(2,3)10(16)17/h4-6H,1-3H3,(H,16,17)(H2,14,15,18). The van der Waals surface area contributed by atoms with Crippen molar-refractivity contribution in [2.75, 3.05) is 5.32 Å². The summed E-state index contributed by atoms with van der Waals surface area (Å²) in [5, 5.41) is 13.5. The molecule has 18 heavy (non-hydrogen) atoms. The number of carboxylic acids is 1. The fourth-order valence-electron chi connectivity index (χ4n) is 1.22. The lowest BCUT2D eigenvalue weighted by molar-refractivity contribution is -0.142. The van der Waals surface area contributed by atoms with Gasteiger partial charge in [0, 0.05) is 5.69 Å². The lowest BCUT2D eigenvalue weighted by Gasteiger charge is -2.21. The molecule has 0 unspecified atom stereocenters. The Bertz CT molecular complexity index is 486. The van der Waals surface area contributed by atoms with E-state index in [2.05, 4.69) is 10.6 Å². The van der Waals surface area contributed by atoms with Crippen LogP contribution in [0.4, 0.5) is 14.9 Å². The van der Waals surface area contributed by atoms with Crippen molar-refractivity contribution in [3.63, 3.8) is 0 Å². The van der Waals surface area contributed by atoms with E-state index in [-0.39, 0.29) is 0 Å². The van der Waals surface area contributed by atoms with Gasteiger partial charge in [-0.2, -0.15) is 0 Å². The Balaban J connectivity index is 2.77. The number of hydrogen-bond donors (Lipinski definition) is 3. The normalized spacial score (nSPS) is 10.9. The third-order valence-electron chi connectivity index (χ3n) is 2.41. The molecule has 0 aliphatic heterocycles. The van der Waals surface area contributed by atoms with E-state index in [0.717, 1.165) is 0 Å². The zero-order chi connectivity index (χ0) is 13.9. The Morgan fingerprint density at radius 2 is 1.94 bits per heavy atom. The number of carbonyl (C=O) groups is 2. The fourth-order valence-corrected chi connectivity index (χ4v) is 1.22. The van der Waals surface area contributed by atoms with Crippen molar-refractivity contribution in [2.45, 2.75) is 26.3 Å². The second-order valence-corrected chi connectivity index (χ2v) is 4.47. The summed E-state index contributed by atoms with van der Waals surface area (Å²) in [7, 11) is 0. The number of halogens is 1. The van der Waals surface area contributed by atoms with Crippen LogP contribution in [0.5, 0.6) is 0 Å². The smallest absolute Gasteiger partial charge is 0.328 e. The lowest BCUT2D eigenvalue weighted by atomic mass is 10.1. The monoisotopic (exact) mass is 254 g/mol. The zero-order valence-electron chi connectivity index (χ0n) is 10.4. The van der Waals surface area contributed by atoms with Crippen LogP contribution in [-0.4, -0.2) is 22.6 Å². The number of rotatable bonds is 3. The quantitative estimate of drug-likeness (QED) is 0.773. The molecule has 0 saturated heterocycles. The van der Waals surface area contributed by atoms with Crippen LogP contribution in [-0.2, 0) is 4.79 Å². The van der Waals surface area contributed by atoms with Crippen LogP contribution >= 0.6 is 0 Å². The summed E-state index contributed by atoms with van der Waals surface area (Å²) < 4.78 is 13.0. The van der Waals surface area contributed by atoms with Gasteiger partial charge in [0.25, 0.3) is 0 Å². The molecule has 2 amide bonds. The summed E-state index contributed by atoms with van der Waals surface area (Å²) in [6, 6.07) is 3.27. The van der Waals surface area contributed by atoms with Gasteiger partial charge >= 0.3 is 12.0 Å².